The summed E-state index contributed by atoms with van der Waals surface area (Å²) in [5.74, 6) is 5.51. The molecule has 240 valence electrons. The van der Waals surface area contributed by atoms with Gasteiger partial charge in [-0.25, -0.2) is 0 Å². The molecule has 2 heterocycles. The van der Waals surface area contributed by atoms with E-state index in [0.29, 0.717) is 88.7 Å². The van der Waals surface area contributed by atoms with Crippen LogP contribution in [0, 0.1) is 35.5 Å². The highest BCUT2D eigenvalue weighted by molar-refractivity contribution is 5.69. The summed E-state index contributed by atoms with van der Waals surface area (Å²) in [4.78, 5) is 22.6. The van der Waals surface area contributed by atoms with Crippen LogP contribution in [0.5, 0.6) is 0 Å². The van der Waals surface area contributed by atoms with Crippen LogP contribution >= 0.6 is 0 Å². The molecule has 7 fully saturated rings. The zero-order chi connectivity index (χ0) is 29.3. The van der Waals surface area contributed by atoms with Gasteiger partial charge in [-0.3, -0.25) is 9.59 Å². The average Bonchev–Trinajstić information content (AvgIpc) is 3.77. The maximum Gasteiger partial charge on any atom is 0.308 e. The van der Waals surface area contributed by atoms with Crippen LogP contribution in [0.1, 0.15) is 104 Å². The quantitative estimate of drug-likeness (QED) is 0.158. The molecule has 2 aliphatic heterocycles. The van der Waals surface area contributed by atoms with Crippen molar-refractivity contribution < 1.29 is 38.0 Å². The predicted octanol–water partition coefficient (Wildman–Crippen LogP) is 5.88. The number of carbonyl (C=O) groups is 2. The van der Waals surface area contributed by atoms with Crippen molar-refractivity contribution in [1.82, 2.24) is 0 Å². The summed E-state index contributed by atoms with van der Waals surface area (Å²) in [6, 6.07) is 0. The van der Waals surface area contributed by atoms with Gasteiger partial charge >= 0.3 is 11.9 Å². The minimum atomic E-state index is -0.146. The minimum Gasteiger partial charge on any atom is -0.465 e. The third-order valence-electron chi connectivity index (χ3n) is 10.8. The molecule has 0 amide bonds. The monoisotopic (exact) mass is 592 g/mol. The Hall–Kier alpha value is -1.22. The van der Waals surface area contributed by atoms with E-state index in [1.54, 1.807) is 38.5 Å². The molecule has 0 aromatic rings. The molecule has 8 heteroatoms. The van der Waals surface area contributed by atoms with Gasteiger partial charge in [0.1, 0.15) is 0 Å². The van der Waals surface area contributed by atoms with E-state index in [1.165, 1.54) is 23.7 Å². The van der Waals surface area contributed by atoms with Crippen molar-refractivity contribution in [3.63, 3.8) is 0 Å². The fraction of sp³-hybridized carbons (Fsp3) is 0.941. The summed E-state index contributed by atoms with van der Waals surface area (Å²) in [6.45, 7) is 7.17. The number of hydrogen-bond donors (Lipinski definition) is 0. The van der Waals surface area contributed by atoms with Crippen molar-refractivity contribution in [1.29, 1.82) is 0 Å². The lowest BCUT2D eigenvalue weighted by Gasteiger charge is -2.23. The highest BCUT2D eigenvalue weighted by Crippen LogP contribution is 2.58. The van der Waals surface area contributed by atoms with Gasteiger partial charge in [-0.1, -0.05) is 6.42 Å². The van der Waals surface area contributed by atoms with Crippen LogP contribution < -0.4 is 0 Å². The van der Waals surface area contributed by atoms with E-state index in [1.807, 2.05) is 13.8 Å². The number of ether oxygens (including phenoxy) is 6. The molecular weight excluding hydrogens is 536 g/mol. The molecule has 0 aromatic heterocycles. The summed E-state index contributed by atoms with van der Waals surface area (Å²) >= 11 is 0. The van der Waals surface area contributed by atoms with Crippen LogP contribution in [-0.4, -0.2) is 76.0 Å². The molecule has 0 aromatic carbocycles. The molecule has 5 saturated carbocycles. The van der Waals surface area contributed by atoms with Crippen molar-refractivity contribution in [3.8, 4) is 0 Å². The van der Waals surface area contributed by atoms with E-state index < -0.39 is 0 Å². The van der Waals surface area contributed by atoms with Crippen molar-refractivity contribution in [2.24, 2.45) is 35.5 Å². The maximum atomic E-state index is 11.3. The first-order chi connectivity index (χ1) is 20.5. The van der Waals surface area contributed by atoms with Gasteiger partial charge in [-0.05, 0) is 120 Å². The molecule has 2 saturated heterocycles. The lowest BCUT2D eigenvalue weighted by atomic mass is 9.82. The Labute approximate surface area is 253 Å². The predicted molar refractivity (Wildman–Crippen MR) is 158 cm³/mol. The van der Waals surface area contributed by atoms with Gasteiger partial charge in [0.25, 0.3) is 0 Å². The Morgan fingerprint density at radius 1 is 0.595 bits per heavy atom. The Balaban J connectivity index is 0.000000129. The van der Waals surface area contributed by atoms with Gasteiger partial charge < -0.3 is 28.4 Å². The van der Waals surface area contributed by atoms with Crippen LogP contribution in [0.4, 0.5) is 0 Å². The summed E-state index contributed by atoms with van der Waals surface area (Å²) < 4.78 is 31.5. The fourth-order valence-electron chi connectivity index (χ4n) is 8.46. The molecule has 0 radical (unpaired) electrons. The first kappa shape index (κ1) is 32.2. The van der Waals surface area contributed by atoms with Crippen LogP contribution in [0.25, 0.3) is 0 Å². The largest absolute Gasteiger partial charge is 0.465 e. The molecule has 5 aliphatic carbocycles. The third kappa shape index (κ3) is 9.64. The first-order valence-electron chi connectivity index (χ1n) is 17.3. The van der Waals surface area contributed by atoms with E-state index >= 15 is 0 Å². The SMILES string of the molecule is C1CC2C3CCC(C3)C2C1.CCOCCC(=O)OCC1CCC2OC2C1.CCOCCC(=O)OCC1CCC2OC2C1. The fourth-order valence-corrected chi connectivity index (χ4v) is 8.46. The Kier molecular flexibility index (Phi) is 12.4. The van der Waals surface area contributed by atoms with E-state index in [2.05, 4.69) is 0 Å². The summed E-state index contributed by atoms with van der Waals surface area (Å²) in [5.41, 5.74) is 0. The zero-order valence-corrected chi connectivity index (χ0v) is 26.2. The molecule has 0 N–H and O–H groups in total. The first-order valence-corrected chi connectivity index (χ1v) is 17.3. The number of epoxide rings is 2. The number of fused-ring (bicyclic) bond motifs is 7. The summed E-state index contributed by atoms with van der Waals surface area (Å²) in [7, 11) is 0. The van der Waals surface area contributed by atoms with Gasteiger partial charge in [0.15, 0.2) is 0 Å². The van der Waals surface area contributed by atoms with Crippen molar-refractivity contribution >= 4 is 11.9 Å². The molecule has 10 atom stereocenters. The summed E-state index contributed by atoms with van der Waals surface area (Å²) in [6.07, 6.45) is 18.8. The molecule has 7 rings (SSSR count). The Morgan fingerprint density at radius 3 is 1.50 bits per heavy atom. The van der Waals surface area contributed by atoms with E-state index in [-0.39, 0.29) is 11.9 Å². The minimum absolute atomic E-state index is 0.146. The van der Waals surface area contributed by atoms with Gasteiger partial charge in [-0.2, -0.15) is 0 Å². The Bertz CT molecular complexity index is 783. The van der Waals surface area contributed by atoms with Gasteiger partial charge in [-0.15, -0.1) is 0 Å². The molecule has 42 heavy (non-hydrogen) atoms. The second-order valence-corrected chi connectivity index (χ2v) is 13.6. The Morgan fingerprint density at radius 2 is 1.07 bits per heavy atom. The number of hydrogen-bond acceptors (Lipinski definition) is 8. The van der Waals surface area contributed by atoms with Crippen molar-refractivity contribution in [3.05, 3.63) is 0 Å². The van der Waals surface area contributed by atoms with Crippen molar-refractivity contribution in [2.45, 2.75) is 128 Å². The summed E-state index contributed by atoms with van der Waals surface area (Å²) in [5, 5.41) is 0. The van der Waals surface area contributed by atoms with Crippen LogP contribution in [0.3, 0.4) is 0 Å². The molecular formula is C34H56O8. The number of esters is 2. The molecule has 7 aliphatic rings. The van der Waals surface area contributed by atoms with E-state index in [4.69, 9.17) is 28.4 Å². The lowest BCUT2D eigenvalue weighted by Crippen LogP contribution is -2.20. The smallest absolute Gasteiger partial charge is 0.308 e. The standard InChI is InChI=1S/2C12H20O4.C10H16/c2*1-2-14-6-5-12(13)15-8-9-3-4-10-11(7-9)16-10;1-2-9-7-4-5-8(6-7)10(9)3-1/h2*9-11H,2-8H2,1H3;7-10H,1-6H2. The van der Waals surface area contributed by atoms with Crippen molar-refractivity contribution in [2.75, 3.05) is 39.6 Å². The van der Waals surface area contributed by atoms with Crippen LogP contribution in [0.15, 0.2) is 0 Å². The number of rotatable bonds is 12. The normalized spacial score (nSPS) is 38.0. The molecule has 0 spiro atoms. The van der Waals surface area contributed by atoms with Crippen LogP contribution in [0.2, 0.25) is 0 Å². The number of carbonyl (C=O) groups excluding carboxylic acids is 2. The molecule has 8 nitrogen and oxygen atoms in total. The van der Waals surface area contributed by atoms with Gasteiger partial charge in [0, 0.05) is 13.2 Å². The van der Waals surface area contributed by atoms with Gasteiger partial charge in [0.2, 0.25) is 0 Å². The molecule has 10 unspecified atom stereocenters. The topological polar surface area (TPSA) is 96.1 Å². The van der Waals surface area contributed by atoms with Crippen LogP contribution in [-0.2, 0) is 38.0 Å². The second kappa shape index (κ2) is 16.2. The van der Waals surface area contributed by atoms with E-state index in [9.17, 15) is 9.59 Å². The highest BCUT2D eigenvalue weighted by Gasteiger charge is 2.49. The second-order valence-electron chi connectivity index (χ2n) is 13.6. The van der Waals surface area contributed by atoms with Gasteiger partial charge in [0.05, 0.1) is 63.7 Å². The maximum absolute atomic E-state index is 11.3. The third-order valence-corrected chi connectivity index (χ3v) is 10.8. The molecule has 2 bridgehead atoms. The lowest BCUT2D eigenvalue weighted by molar-refractivity contribution is -0.147. The average molecular weight is 593 g/mol. The zero-order valence-electron chi connectivity index (χ0n) is 26.2. The van der Waals surface area contributed by atoms with E-state index in [0.717, 1.165) is 38.5 Å². The highest BCUT2D eigenvalue weighted by atomic mass is 16.6.